The first-order chi connectivity index (χ1) is 5.90. The summed E-state index contributed by atoms with van der Waals surface area (Å²) in [6.07, 6.45) is 5.81. The van der Waals surface area contributed by atoms with E-state index in [1.807, 2.05) is 0 Å². The van der Waals surface area contributed by atoms with E-state index in [0.29, 0.717) is 0 Å². The number of hydrogen-bond donors (Lipinski definition) is 0. The summed E-state index contributed by atoms with van der Waals surface area (Å²) >= 11 is 0. The first-order valence-electron chi connectivity index (χ1n) is 5.13. The topological polar surface area (TPSA) is 12.5 Å². The van der Waals surface area contributed by atoms with Gasteiger partial charge in [-0.15, -0.1) is 0 Å². The van der Waals surface area contributed by atoms with Gasteiger partial charge in [-0.3, -0.25) is 4.90 Å². The van der Waals surface area contributed by atoms with Crippen molar-refractivity contribution in [3.63, 3.8) is 0 Å². The van der Waals surface area contributed by atoms with Crippen LogP contribution in [0.3, 0.4) is 0 Å². The molecule has 2 heteroatoms. The highest BCUT2D eigenvalue weighted by molar-refractivity contribution is 4.88. The molecule has 0 aromatic heterocycles. The monoisotopic (exact) mass is 169 g/mol. The first-order valence-corrected chi connectivity index (χ1v) is 5.13. The predicted octanol–water partition coefficient (Wildman–Crippen LogP) is 1.51. The molecule has 0 amide bonds. The van der Waals surface area contributed by atoms with Gasteiger partial charge in [-0.2, -0.15) is 0 Å². The Kier molecular flexibility index (Phi) is 2.66. The van der Waals surface area contributed by atoms with Gasteiger partial charge < -0.3 is 4.74 Å². The van der Waals surface area contributed by atoms with Crippen molar-refractivity contribution >= 4 is 0 Å². The quantitative estimate of drug-likeness (QED) is 0.635. The Morgan fingerprint density at radius 2 is 2.25 bits per heavy atom. The van der Waals surface area contributed by atoms with Gasteiger partial charge in [-0.25, -0.2) is 0 Å². The summed E-state index contributed by atoms with van der Waals surface area (Å²) in [6, 6.07) is 0.902. The summed E-state index contributed by atoms with van der Waals surface area (Å²) < 4.78 is 5.11. The Morgan fingerprint density at radius 1 is 1.33 bits per heavy atom. The summed E-state index contributed by atoms with van der Waals surface area (Å²) in [5.41, 5.74) is 0. The van der Waals surface area contributed by atoms with E-state index in [9.17, 15) is 0 Å². The number of fused-ring (bicyclic) bond motifs is 2. The zero-order valence-electron chi connectivity index (χ0n) is 7.96. The lowest BCUT2D eigenvalue weighted by atomic mass is 9.99. The minimum Gasteiger partial charge on any atom is -0.383 e. The summed E-state index contributed by atoms with van der Waals surface area (Å²) in [6.45, 7) is 3.37. The molecule has 2 rings (SSSR count). The van der Waals surface area contributed by atoms with Crippen molar-refractivity contribution in [2.45, 2.75) is 31.7 Å². The van der Waals surface area contributed by atoms with Gasteiger partial charge in [-0.05, 0) is 38.1 Å². The summed E-state index contributed by atoms with van der Waals surface area (Å²) in [4.78, 5) is 2.62. The predicted molar refractivity (Wildman–Crippen MR) is 49.2 cm³/mol. The van der Waals surface area contributed by atoms with Crippen LogP contribution in [0, 0.1) is 5.92 Å². The molecule has 1 aliphatic heterocycles. The summed E-state index contributed by atoms with van der Waals surface area (Å²) in [7, 11) is 1.79. The zero-order valence-corrected chi connectivity index (χ0v) is 7.96. The fourth-order valence-electron chi connectivity index (χ4n) is 2.68. The molecule has 70 valence electrons. The van der Waals surface area contributed by atoms with Crippen LogP contribution >= 0.6 is 0 Å². The number of ether oxygens (including phenoxy) is 1. The molecule has 2 nitrogen and oxygen atoms in total. The van der Waals surface area contributed by atoms with E-state index in [1.165, 1.54) is 32.2 Å². The van der Waals surface area contributed by atoms with Gasteiger partial charge >= 0.3 is 0 Å². The second-order valence-electron chi connectivity index (χ2n) is 4.15. The van der Waals surface area contributed by atoms with Gasteiger partial charge in [-0.1, -0.05) is 0 Å². The number of nitrogens with zero attached hydrogens (tertiary/aromatic N) is 1. The molecule has 2 bridgehead atoms. The standard InChI is InChI=1S/C10H19NO/c1-12-7-6-11-5-4-9-2-3-10(11)8-9/h9-10H,2-8H2,1H3. The second kappa shape index (κ2) is 3.75. The lowest BCUT2D eigenvalue weighted by molar-refractivity contribution is 0.101. The number of rotatable bonds is 3. The third-order valence-electron chi connectivity index (χ3n) is 3.44. The Morgan fingerprint density at radius 3 is 3.08 bits per heavy atom. The molecule has 0 aromatic carbocycles. The van der Waals surface area contributed by atoms with Gasteiger partial charge in [0, 0.05) is 19.7 Å². The maximum absolute atomic E-state index is 5.11. The van der Waals surface area contributed by atoms with E-state index in [1.54, 1.807) is 7.11 Å². The van der Waals surface area contributed by atoms with E-state index >= 15 is 0 Å². The minimum absolute atomic E-state index is 0.902. The molecule has 0 spiro atoms. The van der Waals surface area contributed by atoms with Crippen molar-refractivity contribution in [2.75, 3.05) is 26.8 Å². The van der Waals surface area contributed by atoms with E-state index in [0.717, 1.165) is 25.1 Å². The SMILES string of the molecule is COCCN1CCC2CCC1C2. The first kappa shape index (κ1) is 8.52. The van der Waals surface area contributed by atoms with Crippen molar-refractivity contribution in [3.8, 4) is 0 Å². The fourth-order valence-corrected chi connectivity index (χ4v) is 2.68. The molecule has 0 aromatic rings. The van der Waals surface area contributed by atoms with Gasteiger partial charge in [0.2, 0.25) is 0 Å². The van der Waals surface area contributed by atoms with Crippen LogP contribution in [0.25, 0.3) is 0 Å². The van der Waals surface area contributed by atoms with Crippen molar-refractivity contribution in [2.24, 2.45) is 5.92 Å². The molecule has 2 aliphatic rings. The molecule has 2 unspecified atom stereocenters. The number of likely N-dealkylation sites (tertiary alicyclic amines) is 1. The molecule has 0 radical (unpaired) electrons. The Labute approximate surface area is 74.9 Å². The van der Waals surface area contributed by atoms with Gasteiger partial charge in [0.15, 0.2) is 0 Å². The lowest BCUT2D eigenvalue weighted by Gasteiger charge is -2.32. The average molecular weight is 169 g/mol. The average Bonchev–Trinajstić information content (AvgIpc) is 2.48. The highest BCUT2D eigenvalue weighted by Gasteiger charge is 2.33. The molecule has 2 atom stereocenters. The van der Waals surface area contributed by atoms with Crippen LogP contribution in [0.4, 0.5) is 0 Å². The van der Waals surface area contributed by atoms with Crippen LogP contribution in [0.2, 0.25) is 0 Å². The van der Waals surface area contributed by atoms with Crippen molar-refractivity contribution in [3.05, 3.63) is 0 Å². The summed E-state index contributed by atoms with van der Waals surface area (Å²) in [5, 5.41) is 0. The zero-order chi connectivity index (χ0) is 8.39. The largest absolute Gasteiger partial charge is 0.383 e. The van der Waals surface area contributed by atoms with E-state index in [2.05, 4.69) is 4.90 Å². The highest BCUT2D eigenvalue weighted by Crippen LogP contribution is 2.35. The molecule has 1 aliphatic carbocycles. The molecule has 1 saturated carbocycles. The van der Waals surface area contributed by atoms with Crippen molar-refractivity contribution in [1.29, 1.82) is 0 Å². The minimum atomic E-state index is 0.902. The Hall–Kier alpha value is -0.0800. The van der Waals surface area contributed by atoms with Crippen molar-refractivity contribution in [1.82, 2.24) is 4.90 Å². The van der Waals surface area contributed by atoms with Crippen LogP contribution in [-0.2, 0) is 4.74 Å². The van der Waals surface area contributed by atoms with Gasteiger partial charge in [0.05, 0.1) is 6.61 Å². The highest BCUT2D eigenvalue weighted by atomic mass is 16.5. The van der Waals surface area contributed by atoms with Crippen molar-refractivity contribution < 1.29 is 4.74 Å². The Bertz CT molecular complexity index is 149. The molecule has 1 heterocycles. The van der Waals surface area contributed by atoms with Crippen LogP contribution < -0.4 is 0 Å². The number of methoxy groups -OCH3 is 1. The molecular weight excluding hydrogens is 150 g/mol. The van der Waals surface area contributed by atoms with Gasteiger partial charge in [0.25, 0.3) is 0 Å². The number of hydrogen-bond acceptors (Lipinski definition) is 2. The van der Waals surface area contributed by atoms with E-state index in [-0.39, 0.29) is 0 Å². The smallest absolute Gasteiger partial charge is 0.0589 e. The molecule has 2 fully saturated rings. The normalized spacial score (nSPS) is 35.8. The van der Waals surface area contributed by atoms with Gasteiger partial charge in [0.1, 0.15) is 0 Å². The molecule has 0 N–H and O–H groups in total. The third kappa shape index (κ3) is 1.64. The van der Waals surface area contributed by atoms with Crippen LogP contribution in [-0.4, -0.2) is 37.7 Å². The third-order valence-corrected chi connectivity index (χ3v) is 3.44. The summed E-state index contributed by atoms with van der Waals surface area (Å²) in [5.74, 6) is 1.06. The fraction of sp³-hybridized carbons (Fsp3) is 1.00. The van der Waals surface area contributed by atoms with Crippen LogP contribution in [0.5, 0.6) is 0 Å². The van der Waals surface area contributed by atoms with Crippen LogP contribution in [0.1, 0.15) is 25.7 Å². The maximum Gasteiger partial charge on any atom is 0.0589 e. The van der Waals surface area contributed by atoms with E-state index in [4.69, 9.17) is 4.74 Å². The Balaban J connectivity index is 1.81. The molecule has 12 heavy (non-hydrogen) atoms. The maximum atomic E-state index is 5.11. The lowest BCUT2D eigenvalue weighted by Crippen LogP contribution is -2.39. The second-order valence-corrected chi connectivity index (χ2v) is 4.15. The molecular formula is C10H19NO. The van der Waals surface area contributed by atoms with E-state index < -0.39 is 0 Å². The van der Waals surface area contributed by atoms with Crippen LogP contribution in [0.15, 0.2) is 0 Å². The number of piperidine rings is 1. The molecule has 1 saturated heterocycles.